The van der Waals surface area contributed by atoms with Crippen molar-refractivity contribution < 1.29 is 9.59 Å². The van der Waals surface area contributed by atoms with Gasteiger partial charge in [0.05, 0.1) is 10.9 Å². The number of hydrogen-bond acceptors (Lipinski definition) is 5. The molecule has 34 heavy (non-hydrogen) atoms. The summed E-state index contributed by atoms with van der Waals surface area (Å²) in [7, 11) is 0. The van der Waals surface area contributed by atoms with Crippen LogP contribution in [0.2, 0.25) is 5.02 Å². The molecule has 7 nitrogen and oxygen atoms in total. The summed E-state index contributed by atoms with van der Waals surface area (Å²) < 4.78 is 2.13. The van der Waals surface area contributed by atoms with Crippen LogP contribution in [-0.4, -0.2) is 39.4 Å². The Morgan fingerprint density at radius 1 is 1.12 bits per heavy atom. The Balaban J connectivity index is 1.32. The van der Waals surface area contributed by atoms with E-state index >= 15 is 0 Å². The van der Waals surface area contributed by atoms with Gasteiger partial charge in [-0.1, -0.05) is 18.0 Å². The van der Waals surface area contributed by atoms with Crippen molar-refractivity contribution in [1.82, 2.24) is 14.8 Å². The largest absolute Gasteiger partial charge is 0.326 e. The van der Waals surface area contributed by atoms with E-state index in [1.54, 1.807) is 28.8 Å². The Hall–Kier alpha value is -2.84. The summed E-state index contributed by atoms with van der Waals surface area (Å²) in [6, 6.07) is 13.2. The molecule has 1 fully saturated rings. The number of hydrogen-bond donors (Lipinski definition) is 1. The maximum Gasteiger partial charge on any atom is 0.229 e. The van der Waals surface area contributed by atoms with Crippen molar-refractivity contribution >= 4 is 46.6 Å². The Morgan fingerprint density at radius 3 is 2.74 bits per heavy atom. The molecule has 2 amide bonds. The van der Waals surface area contributed by atoms with Crippen molar-refractivity contribution in [1.29, 1.82) is 0 Å². The number of nitrogens with zero attached hydrogens (tertiary/aromatic N) is 4. The minimum absolute atomic E-state index is 0.0417. The van der Waals surface area contributed by atoms with Gasteiger partial charge in [0.1, 0.15) is 5.82 Å². The minimum atomic E-state index is -0.420. The van der Waals surface area contributed by atoms with Crippen molar-refractivity contribution in [2.45, 2.75) is 43.5 Å². The standard InChI is InChI=1S/C25H26ClN5O2S/c1-34-19-9-7-18(8-10-19)31-15-16(13-23(31)32)25(33)27-17-6-11-21(26)20(14-17)24-29-28-22-5-3-2-4-12-30(22)24/h6-11,14,16H,2-5,12-13,15H2,1H3,(H,27,33). The van der Waals surface area contributed by atoms with Crippen molar-refractivity contribution in [3.63, 3.8) is 0 Å². The predicted molar refractivity (Wildman–Crippen MR) is 135 cm³/mol. The number of carbonyl (C=O) groups is 2. The van der Waals surface area contributed by atoms with E-state index in [2.05, 4.69) is 20.1 Å². The van der Waals surface area contributed by atoms with E-state index in [1.165, 1.54) is 6.42 Å². The normalized spacial score (nSPS) is 18.0. The zero-order chi connectivity index (χ0) is 23.7. The Bertz CT molecular complexity index is 1230. The van der Waals surface area contributed by atoms with E-state index < -0.39 is 5.92 Å². The lowest BCUT2D eigenvalue weighted by atomic mass is 10.1. The van der Waals surface area contributed by atoms with Crippen LogP contribution in [0.3, 0.4) is 0 Å². The fourth-order valence-corrected chi connectivity index (χ4v) is 5.21. The molecule has 1 atom stereocenters. The van der Waals surface area contributed by atoms with Gasteiger partial charge >= 0.3 is 0 Å². The van der Waals surface area contributed by atoms with Gasteiger partial charge in [-0.3, -0.25) is 9.59 Å². The van der Waals surface area contributed by atoms with Gasteiger partial charge in [-0.05, 0) is 61.6 Å². The van der Waals surface area contributed by atoms with Gasteiger partial charge in [-0.15, -0.1) is 22.0 Å². The van der Waals surface area contributed by atoms with E-state index in [4.69, 9.17) is 11.6 Å². The molecule has 2 aliphatic rings. The van der Waals surface area contributed by atoms with E-state index in [1.807, 2.05) is 36.6 Å². The molecule has 0 radical (unpaired) electrons. The van der Waals surface area contributed by atoms with Crippen molar-refractivity contribution in [3.05, 3.63) is 53.3 Å². The highest BCUT2D eigenvalue weighted by Crippen LogP contribution is 2.32. The number of thioether (sulfide) groups is 1. The molecule has 0 bridgehead atoms. The molecule has 1 N–H and O–H groups in total. The number of rotatable bonds is 5. The number of fused-ring (bicyclic) bond motifs is 1. The van der Waals surface area contributed by atoms with Crippen LogP contribution in [0.4, 0.5) is 11.4 Å². The fraction of sp³-hybridized carbons (Fsp3) is 0.360. The molecule has 1 saturated heterocycles. The second-order valence-corrected chi connectivity index (χ2v) is 9.98. The van der Waals surface area contributed by atoms with Crippen LogP contribution in [0.5, 0.6) is 0 Å². The third-order valence-corrected chi connectivity index (χ3v) is 7.54. The van der Waals surface area contributed by atoms with Crippen LogP contribution < -0.4 is 10.2 Å². The molecule has 5 rings (SSSR count). The molecule has 3 heterocycles. The molecule has 0 aliphatic carbocycles. The highest BCUT2D eigenvalue weighted by molar-refractivity contribution is 7.98. The van der Waals surface area contributed by atoms with E-state index in [-0.39, 0.29) is 18.2 Å². The van der Waals surface area contributed by atoms with E-state index in [0.717, 1.165) is 53.6 Å². The molecule has 3 aromatic rings. The fourth-order valence-electron chi connectivity index (χ4n) is 4.60. The molecule has 0 saturated carbocycles. The van der Waals surface area contributed by atoms with Gasteiger partial charge in [-0.2, -0.15) is 0 Å². The molecule has 9 heteroatoms. The van der Waals surface area contributed by atoms with Gasteiger partial charge in [0.2, 0.25) is 11.8 Å². The topological polar surface area (TPSA) is 80.1 Å². The number of nitrogens with one attached hydrogen (secondary N) is 1. The van der Waals surface area contributed by atoms with Crippen LogP contribution in [0.15, 0.2) is 47.4 Å². The number of benzene rings is 2. The van der Waals surface area contributed by atoms with Gasteiger partial charge in [0.25, 0.3) is 0 Å². The Kier molecular flexibility index (Phi) is 6.61. The SMILES string of the molecule is CSc1ccc(N2CC(C(=O)Nc3ccc(Cl)c(-c4nnc5n4CCCCC5)c3)CC2=O)cc1. The van der Waals surface area contributed by atoms with Crippen LogP contribution >= 0.6 is 23.4 Å². The lowest BCUT2D eigenvalue weighted by molar-refractivity contribution is -0.122. The maximum atomic E-state index is 13.0. The van der Waals surface area contributed by atoms with Gasteiger partial charge in [0.15, 0.2) is 5.82 Å². The van der Waals surface area contributed by atoms with Crippen LogP contribution in [-0.2, 0) is 22.6 Å². The first kappa shape index (κ1) is 22.9. The van der Waals surface area contributed by atoms with Gasteiger partial charge in [0, 0.05) is 47.8 Å². The van der Waals surface area contributed by atoms with Gasteiger partial charge in [-0.25, -0.2) is 0 Å². The zero-order valence-corrected chi connectivity index (χ0v) is 20.5. The van der Waals surface area contributed by atoms with Gasteiger partial charge < -0.3 is 14.8 Å². The monoisotopic (exact) mass is 495 g/mol. The molecule has 1 unspecified atom stereocenters. The summed E-state index contributed by atoms with van der Waals surface area (Å²) >= 11 is 8.17. The molecule has 0 spiro atoms. The van der Waals surface area contributed by atoms with Crippen molar-refractivity contribution in [2.24, 2.45) is 5.92 Å². The molecule has 2 aromatic carbocycles. The molecule has 176 valence electrons. The number of aromatic nitrogens is 3. The second kappa shape index (κ2) is 9.80. The number of halogens is 1. The molecular formula is C25H26ClN5O2S. The summed E-state index contributed by atoms with van der Waals surface area (Å²) in [5.74, 6) is 1.07. The summed E-state index contributed by atoms with van der Waals surface area (Å²) in [5, 5.41) is 12.3. The van der Waals surface area contributed by atoms with Crippen LogP contribution in [0.1, 0.15) is 31.5 Å². The molecule has 1 aromatic heterocycles. The summed E-state index contributed by atoms with van der Waals surface area (Å²) in [6.45, 7) is 1.23. The predicted octanol–water partition coefficient (Wildman–Crippen LogP) is 5.04. The summed E-state index contributed by atoms with van der Waals surface area (Å²) in [4.78, 5) is 28.5. The Labute approximate surface area is 207 Å². The number of carbonyl (C=O) groups excluding carboxylic acids is 2. The lowest BCUT2D eigenvalue weighted by Crippen LogP contribution is -2.28. The quantitative estimate of drug-likeness (QED) is 0.502. The minimum Gasteiger partial charge on any atom is -0.326 e. The van der Waals surface area contributed by atoms with Crippen LogP contribution in [0.25, 0.3) is 11.4 Å². The first-order chi connectivity index (χ1) is 16.5. The number of aryl methyl sites for hydroxylation is 1. The zero-order valence-electron chi connectivity index (χ0n) is 19.0. The van der Waals surface area contributed by atoms with E-state index in [0.29, 0.717) is 17.3 Å². The number of anilines is 2. The third-order valence-electron chi connectivity index (χ3n) is 6.46. The number of amides is 2. The van der Waals surface area contributed by atoms with Crippen molar-refractivity contribution in [3.8, 4) is 11.4 Å². The maximum absolute atomic E-state index is 13.0. The first-order valence-corrected chi connectivity index (χ1v) is 13.1. The highest BCUT2D eigenvalue weighted by Gasteiger charge is 2.35. The Morgan fingerprint density at radius 2 is 1.94 bits per heavy atom. The molecular weight excluding hydrogens is 470 g/mol. The smallest absolute Gasteiger partial charge is 0.229 e. The second-order valence-electron chi connectivity index (χ2n) is 8.69. The summed E-state index contributed by atoms with van der Waals surface area (Å²) in [6.07, 6.45) is 6.48. The molecule has 2 aliphatic heterocycles. The van der Waals surface area contributed by atoms with Crippen molar-refractivity contribution in [2.75, 3.05) is 23.0 Å². The average molecular weight is 496 g/mol. The first-order valence-electron chi connectivity index (χ1n) is 11.5. The average Bonchev–Trinajstić information content (AvgIpc) is 3.35. The summed E-state index contributed by atoms with van der Waals surface area (Å²) in [5.41, 5.74) is 2.20. The highest BCUT2D eigenvalue weighted by atomic mass is 35.5. The lowest BCUT2D eigenvalue weighted by Gasteiger charge is -2.17. The van der Waals surface area contributed by atoms with E-state index in [9.17, 15) is 9.59 Å². The van der Waals surface area contributed by atoms with Crippen LogP contribution in [0, 0.1) is 5.92 Å². The third kappa shape index (κ3) is 4.57.